The van der Waals surface area contributed by atoms with Crippen LogP contribution in [0.5, 0.6) is 5.75 Å². The molecular formula is C15H17NO2S. The summed E-state index contributed by atoms with van der Waals surface area (Å²) in [5, 5.41) is 14.4. The first kappa shape index (κ1) is 13.6. The van der Waals surface area contributed by atoms with Gasteiger partial charge in [-0.3, -0.25) is 4.79 Å². The zero-order chi connectivity index (χ0) is 14.0. The Bertz CT molecular complexity index is 583. The SMILES string of the molecule is CC(C)(C)c1ccc(O)c(NC(=O)c2cccs2)c1. The van der Waals surface area contributed by atoms with E-state index in [1.807, 2.05) is 23.6 Å². The summed E-state index contributed by atoms with van der Waals surface area (Å²) in [7, 11) is 0. The third-order valence-corrected chi connectivity index (χ3v) is 3.72. The van der Waals surface area contributed by atoms with Crippen LogP contribution in [0.4, 0.5) is 5.69 Å². The summed E-state index contributed by atoms with van der Waals surface area (Å²) in [5.41, 5.74) is 1.48. The number of phenolic OH excluding ortho intramolecular Hbond substituents is 1. The van der Waals surface area contributed by atoms with E-state index in [4.69, 9.17) is 0 Å². The molecule has 3 nitrogen and oxygen atoms in total. The lowest BCUT2D eigenvalue weighted by atomic mass is 9.87. The Morgan fingerprint density at radius 3 is 2.58 bits per heavy atom. The first-order chi connectivity index (χ1) is 8.88. The molecule has 0 aliphatic rings. The number of rotatable bonds is 2. The number of amides is 1. The number of anilines is 1. The van der Waals surface area contributed by atoms with E-state index in [1.54, 1.807) is 12.1 Å². The van der Waals surface area contributed by atoms with Crippen LogP contribution in [0, 0.1) is 0 Å². The van der Waals surface area contributed by atoms with Crippen LogP contribution in [0.2, 0.25) is 0 Å². The Kier molecular flexibility index (Phi) is 3.62. The van der Waals surface area contributed by atoms with E-state index in [0.717, 1.165) is 5.56 Å². The van der Waals surface area contributed by atoms with Gasteiger partial charge >= 0.3 is 0 Å². The second kappa shape index (κ2) is 5.05. The van der Waals surface area contributed by atoms with Gasteiger partial charge in [-0.2, -0.15) is 0 Å². The smallest absolute Gasteiger partial charge is 0.265 e. The van der Waals surface area contributed by atoms with Gasteiger partial charge in [0.1, 0.15) is 5.75 Å². The maximum Gasteiger partial charge on any atom is 0.265 e. The minimum atomic E-state index is -0.198. The van der Waals surface area contributed by atoms with E-state index in [1.165, 1.54) is 11.3 Å². The van der Waals surface area contributed by atoms with Crippen LogP contribution in [0.15, 0.2) is 35.7 Å². The van der Waals surface area contributed by atoms with Crippen LogP contribution in [-0.2, 0) is 5.41 Å². The molecular weight excluding hydrogens is 258 g/mol. The van der Waals surface area contributed by atoms with Crippen LogP contribution in [0.1, 0.15) is 36.0 Å². The van der Waals surface area contributed by atoms with Crippen LogP contribution in [0.25, 0.3) is 0 Å². The highest BCUT2D eigenvalue weighted by atomic mass is 32.1. The van der Waals surface area contributed by atoms with Gasteiger partial charge in [0, 0.05) is 0 Å². The summed E-state index contributed by atoms with van der Waals surface area (Å²) in [6.45, 7) is 6.26. The second-order valence-electron chi connectivity index (χ2n) is 5.41. The van der Waals surface area contributed by atoms with Crippen LogP contribution in [0.3, 0.4) is 0 Å². The van der Waals surface area contributed by atoms with E-state index in [9.17, 15) is 9.90 Å². The van der Waals surface area contributed by atoms with Crippen molar-refractivity contribution in [2.75, 3.05) is 5.32 Å². The maximum absolute atomic E-state index is 12.0. The van der Waals surface area contributed by atoms with Crippen LogP contribution >= 0.6 is 11.3 Å². The fourth-order valence-corrected chi connectivity index (χ4v) is 2.31. The number of carbonyl (C=O) groups excluding carboxylic acids is 1. The van der Waals surface area contributed by atoms with Gasteiger partial charge in [0.15, 0.2) is 0 Å². The lowest BCUT2D eigenvalue weighted by Gasteiger charge is -2.20. The van der Waals surface area contributed by atoms with E-state index in [-0.39, 0.29) is 17.1 Å². The second-order valence-corrected chi connectivity index (χ2v) is 6.36. The quantitative estimate of drug-likeness (QED) is 0.814. The number of hydrogen-bond acceptors (Lipinski definition) is 3. The summed E-state index contributed by atoms with van der Waals surface area (Å²) < 4.78 is 0. The van der Waals surface area contributed by atoms with Gasteiger partial charge < -0.3 is 10.4 Å². The molecule has 0 aliphatic heterocycles. The molecule has 0 spiro atoms. The molecule has 1 aromatic heterocycles. The first-order valence-corrected chi connectivity index (χ1v) is 6.94. The van der Waals surface area contributed by atoms with Crippen molar-refractivity contribution in [2.24, 2.45) is 0 Å². The predicted octanol–water partition coefficient (Wildman–Crippen LogP) is 4.00. The average Bonchev–Trinajstić information content (AvgIpc) is 2.84. The molecule has 2 rings (SSSR count). The van der Waals surface area contributed by atoms with Crippen LogP contribution in [-0.4, -0.2) is 11.0 Å². The zero-order valence-corrected chi connectivity index (χ0v) is 12.0. The lowest BCUT2D eigenvalue weighted by Crippen LogP contribution is -2.14. The van der Waals surface area contributed by atoms with Crippen molar-refractivity contribution in [2.45, 2.75) is 26.2 Å². The highest BCUT2D eigenvalue weighted by molar-refractivity contribution is 7.12. The summed E-state index contributed by atoms with van der Waals surface area (Å²) in [5.74, 6) is -0.116. The highest BCUT2D eigenvalue weighted by Crippen LogP contribution is 2.31. The van der Waals surface area contributed by atoms with Crippen molar-refractivity contribution >= 4 is 22.9 Å². The van der Waals surface area contributed by atoms with Crippen molar-refractivity contribution in [1.82, 2.24) is 0 Å². The molecule has 2 aromatic rings. The summed E-state index contributed by atoms with van der Waals surface area (Å²) >= 11 is 1.37. The predicted molar refractivity (Wildman–Crippen MR) is 79.1 cm³/mol. The molecule has 0 saturated carbocycles. The van der Waals surface area contributed by atoms with Crippen molar-refractivity contribution in [1.29, 1.82) is 0 Å². The molecule has 1 amide bonds. The normalized spacial score (nSPS) is 11.3. The molecule has 100 valence electrons. The summed E-state index contributed by atoms with van der Waals surface area (Å²) in [6, 6.07) is 8.89. The molecule has 0 bridgehead atoms. The Labute approximate surface area is 116 Å². The molecule has 0 atom stereocenters. The van der Waals surface area contributed by atoms with Crippen LogP contribution < -0.4 is 5.32 Å². The van der Waals surface area contributed by atoms with Gasteiger partial charge in [-0.15, -0.1) is 11.3 Å². The number of thiophene rings is 1. The highest BCUT2D eigenvalue weighted by Gasteiger charge is 2.17. The van der Waals surface area contributed by atoms with Crippen molar-refractivity contribution < 1.29 is 9.90 Å². The monoisotopic (exact) mass is 275 g/mol. The lowest BCUT2D eigenvalue weighted by molar-refractivity contribution is 0.103. The van der Waals surface area contributed by atoms with E-state index < -0.39 is 0 Å². The van der Waals surface area contributed by atoms with Gasteiger partial charge in [0.05, 0.1) is 10.6 Å². The average molecular weight is 275 g/mol. The van der Waals surface area contributed by atoms with E-state index in [0.29, 0.717) is 10.6 Å². The first-order valence-electron chi connectivity index (χ1n) is 6.06. The molecule has 4 heteroatoms. The van der Waals surface area contributed by atoms with E-state index in [2.05, 4.69) is 26.1 Å². The number of carbonyl (C=O) groups is 1. The van der Waals surface area contributed by atoms with E-state index >= 15 is 0 Å². The molecule has 1 aromatic carbocycles. The Balaban J connectivity index is 2.27. The summed E-state index contributed by atoms with van der Waals surface area (Å²) in [4.78, 5) is 12.6. The summed E-state index contributed by atoms with van der Waals surface area (Å²) in [6.07, 6.45) is 0. The number of benzene rings is 1. The fraction of sp³-hybridized carbons (Fsp3) is 0.267. The molecule has 0 radical (unpaired) electrons. The molecule has 1 heterocycles. The number of hydrogen-bond donors (Lipinski definition) is 2. The standard InChI is InChI=1S/C15H17NO2S/c1-15(2,3)10-6-7-12(17)11(9-10)16-14(18)13-5-4-8-19-13/h4-9,17H,1-3H3,(H,16,18). The molecule has 19 heavy (non-hydrogen) atoms. The van der Waals surface area contributed by atoms with Gasteiger partial charge in [0.2, 0.25) is 0 Å². The third kappa shape index (κ3) is 3.15. The topological polar surface area (TPSA) is 49.3 Å². The number of nitrogens with one attached hydrogen (secondary N) is 1. The Hall–Kier alpha value is -1.81. The molecule has 0 saturated heterocycles. The minimum Gasteiger partial charge on any atom is -0.506 e. The van der Waals surface area contributed by atoms with Crippen molar-refractivity contribution in [3.05, 3.63) is 46.2 Å². The minimum absolute atomic E-state index is 0.0316. The zero-order valence-electron chi connectivity index (χ0n) is 11.2. The molecule has 0 fully saturated rings. The largest absolute Gasteiger partial charge is 0.506 e. The fourth-order valence-electron chi connectivity index (χ4n) is 1.69. The van der Waals surface area contributed by atoms with Gasteiger partial charge in [-0.25, -0.2) is 0 Å². The van der Waals surface area contributed by atoms with Crippen molar-refractivity contribution in [3.8, 4) is 5.75 Å². The maximum atomic E-state index is 12.0. The molecule has 2 N–H and O–H groups in total. The van der Waals surface area contributed by atoms with Gasteiger partial charge in [-0.1, -0.05) is 32.9 Å². The number of aromatic hydroxyl groups is 1. The Morgan fingerprint density at radius 2 is 2.00 bits per heavy atom. The van der Waals surface area contributed by atoms with Crippen molar-refractivity contribution in [3.63, 3.8) is 0 Å². The molecule has 0 aliphatic carbocycles. The molecule has 0 unspecified atom stereocenters. The third-order valence-electron chi connectivity index (χ3n) is 2.86. The number of phenols is 1. The van der Waals surface area contributed by atoms with Gasteiger partial charge in [0.25, 0.3) is 5.91 Å². The Morgan fingerprint density at radius 1 is 1.26 bits per heavy atom. The van der Waals surface area contributed by atoms with Gasteiger partial charge in [-0.05, 0) is 34.6 Å².